The SMILES string of the molecule is CC(C)N1CC(c2ccc(F)cc2)C2(CCCN(C(=O)C3(COCc4ccccc4)C[C@@H]3NC(=O)C(C)(C)N)C2)C1=O. The number of carbonyl (C=O) groups is 3. The fraction of sp³-hybridized carbons (Fsp3) is 0.545. The second-order valence-corrected chi connectivity index (χ2v) is 13.2. The summed E-state index contributed by atoms with van der Waals surface area (Å²) in [6.07, 6.45) is 1.77. The van der Waals surface area contributed by atoms with E-state index in [9.17, 15) is 18.8 Å². The van der Waals surface area contributed by atoms with Gasteiger partial charge in [0.25, 0.3) is 0 Å². The molecule has 3 unspecified atom stereocenters. The zero-order chi connectivity index (χ0) is 30.3. The maximum absolute atomic E-state index is 14.4. The van der Waals surface area contributed by atoms with Crippen LogP contribution < -0.4 is 11.1 Å². The Bertz CT molecular complexity index is 1310. The lowest BCUT2D eigenvalue weighted by atomic mass is 9.69. The topological polar surface area (TPSA) is 105 Å². The van der Waals surface area contributed by atoms with E-state index in [0.29, 0.717) is 39.0 Å². The predicted molar refractivity (Wildman–Crippen MR) is 158 cm³/mol. The maximum atomic E-state index is 14.4. The second-order valence-electron chi connectivity index (χ2n) is 13.2. The zero-order valence-corrected chi connectivity index (χ0v) is 25.1. The molecule has 42 heavy (non-hydrogen) atoms. The van der Waals surface area contributed by atoms with Crippen LogP contribution in [-0.2, 0) is 25.7 Å². The van der Waals surface area contributed by atoms with Crippen molar-refractivity contribution in [3.63, 3.8) is 0 Å². The lowest BCUT2D eigenvalue weighted by molar-refractivity contribution is -0.149. The molecule has 3 fully saturated rings. The molecular weight excluding hydrogens is 535 g/mol. The van der Waals surface area contributed by atoms with Crippen molar-refractivity contribution < 1.29 is 23.5 Å². The third-order valence-corrected chi connectivity index (χ3v) is 9.30. The summed E-state index contributed by atoms with van der Waals surface area (Å²) < 4.78 is 19.9. The van der Waals surface area contributed by atoms with E-state index in [-0.39, 0.29) is 48.7 Å². The van der Waals surface area contributed by atoms with E-state index in [1.54, 1.807) is 26.0 Å². The molecule has 0 aromatic heterocycles. The van der Waals surface area contributed by atoms with E-state index in [2.05, 4.69) is 5.32 Å². The van der Waals surface area contributed by atoms with Crippen LogP contribution in [-0.4, -0.2) is 71.4 Å². The van der Waals surface area contributed by atoms with Crippen LogP contribution in [0.5, 0.6) is 0 Å². The van der Waals surface area contributed by atoms with Crippen molar-refractivity contribution in [2.45, 2.75) is 77.1 Å². The van der Waals surface area contributed by atoms with Gasteiger partial charge in [0.15, 0.2) is 0 Å². The number of benzene rings is 2. The normalized spacial score (nSPS) is 27.5. The highest BCUT2D eigenvalue weighted by Gasteiger charge is 2.65. The molecule has 2 saturated heterocycles. The van der Waals surface area contributed by atoms with Gasteiger partial charge in [-0.05, 0) is 70.2 Å². The molecule has 8 nitrogen and oxygen atoms in total. The van der Waals surface area contributed by atoms with E-state index in [4.69, 9.17) is 10.5 Å². The number of amides is 3. The number of hydrogen-bond acceptors (Lipinski definition) is 5. The van der Waals surface area contributed by atoms with Crippen LogP contribution in [0.25, 0.3) is 0 Å². The molecule has 2 aromatic carbocycles. The molecule has 3 aliphatic rings. The van der Waals surface area contributed by atoms with Crippen LogP contribution in [0.15, 0.2) is 54.6 Å². The van der Waals surface area contributed by atoms with Crippen LogP contribution >= 0.6 is 0 Å². The monoisotopic (exact) mass is 578 g/mol. The summed E-state index contributed by atoms with van der Waals surface area (Å²) in [6.45, 7) is 9.09. The summed E-state index contributed by atoms with van der Waals surface area (Å²) in [5.41, 5.74) is 5.13. The summed E-state index contributed by atoms with van der Waals surface area (Å²) in [5.74, 6) is -0.872. The molecule has 1 aliphatic carbocycles. The van der Waals surface area contributed by atoms with E-state index < -0.39 is 22.4 Å². The fourth-order valence-electron chi connectivity index (χ4n) is 6.71. The first kappa shape index (κ1) is 30.2. The van der Waals surface area contributed by atoms with Crippen molar-refractivity contribution in [3.05, 3.63) is 71.5 Å². The van der Waals surface area contributed by atoms with Gasteiger partial charge in [-0.1, -0.05) is 42.5 Å². The average molecular weight is 579 g/mol. The Labute approximate surface area is 247 Å². The Hall–Kier alpha value is -3.30. The van der Waals surface area contributed by atoms with Gasteiger partial charge in [-0.15, -0.1) is 0 Å². The molecule has 3 N–H and O–H groups in total. The summed E-state index contributed by atoms with van der Waals surface area (Å²) in [7, 11) is 0. The summed E-state index contributed by atoms with van der Waals surface area (Å²) >= 11 is 0. The molecule has 2 aromatic rings. The van der Waals surface area contributed by atoms with Crippen LogP contribution in [0.3, 0.4) is 0 Å². The minimum absolute atomic E-state index is 0.00581. The molecule has 2 heterocycles. The number of nitrogens with two attached hydrogens (primary N) is 1. The van der Waals surface area contributed by atoms with Crippen molar-refractivity contribution in [3.8, 4) is 0 Å². The Morgan fingerprint density at radius 3 is 2.48 bits per heavy atom. The molecule has 226 valence electrons. The molecule has 4 atom stereocenters. The van der Waals surface area contributed by atoms with E-state index >= 15 is 0 Å². The van der Waals surface area contributed by atoms with Gasteiger partial charge in [0, 0.05) is 37.6 Å². The van der Waals surface area contributed by atoms with Crippen molar-refractivity contribution in [2.75, 3.05) is 26.2 Å². The van der Waals surface area contributed by atoms with Gasteiger partial charge in [0.1, 0.15) is 5.82 Å². The smallest absolute Gasteiger partial charge is 0.239 e. The summed E-state index contributed by atoms with van der Waals surface area (Å²) in [6, 6.07) is 15.7. The van der Waals surface area contributed by atoms with Crippen molar-refractivity contribution in [2.24, 2.45) is 16.6 Å². The van der Waals surface area contributed by atoms with Crippen LogP contribution in [0.1, 0.15) is 64.0 Å². The fourth-order valence-corrected chi connectivity index (χ4v) is 6.71. The number of nitrogens with zero attached hydrogens (tertiary/aromatic N) is 2. The first-order chi connectivity index (χ1) is 19.9. The van der Waals surface area contributed by atoms with Crippen LogP contribution in [0, 0.1) is 16.6 Å². The molecule has 0 radical (unpaired) electrons. The third-order valence-electron chi connectivity index (χ3n) is 9.30. The van der Waals surface area contributed by atoms with Crippen molar-refractivity contribution in [1.82, 2.24) is 15.1 Å². The van der Waals surface area contributed by atoms with E-state index in [1.165, 1.54) is 12.1 Å². The van der Waals surface area contributed by atoms with Gasteiger partial charge >= 0.3 is 0 Å². The first-order valence-corrected chi connectivity index (χ1v) is 14.9. The highest BCUT2D eigenvalue weighted by atomic mass is 19.1. The first-order valence-electron chi connectivity index (χ1n) is 14.9. The lowest BCUT2D eigenvalue weighted by Crippen LogP contribution is -2.55. The molecule has 1 spiro atoms. The Kier molecular flexibility index (Phi) is 8.20. The highest BCUT2D eigenvalue weighted by Crippen LogP contribution is 2.53. The van der Waals surface area contributed by atoms with E-state index in [0.717, 1.165) is 11.1 Å². The number of likely N-dealkylation sites (tertiary alicyclic amines) is 2. The quantitative estimate of drug-likeness (QED) is 0.473. The summed E-state index contributed by atoms with van der Waals surface area (Å²) in [5, 5.41) is 2.98. The molecule has 2 aliphatic heterocycles. The van der Waals surface area contributed by atoms with Crippen molar-refractivity contribution >= 4 is 17.7 Å². The molecule has 9 heteroatoms. The zero-order valence-electron chi connectivity index (χ0n) is 25.1. The number of piperidine rings is 1. The standard InChI is InChI=1S/C33H43FN4O4/c1-22(2)38-18-26(24-11-13-25(34)14-12-24)32(30(38)41)15-8-16-37(20-32)29(40)33(17-27(33)36-28(39)31(3,4)35)21-42-19-23-9-6-5-7-10-23/h5-7,9-14,22,26-27H,8,15-21,35H2,1-4H3,(H,36,39)/t26?,27-,32?,33?/m0/s1. The molecule has 0 bridgehead atoms. The number of ether oxygens (including phenoxy) is 1. The Balaban J connectivity index is 1.41. The van der Waals surface area contributed by atoms with Gasteiger partial charge in [0.2, 0.25) is 17.7 Å². The number of carbonyl (C=O) groups excluding carboxylic acids is 3. The van der Waals surface area contributed by atoms with Gasteiger partial charge in [0.05, 0.1) is 29.6 Å². The van der Waals surface area contributed by atoms with Gasteiger partial charge in [-0.3, -0.25) is 14.4 Å². The Morgan fingerprint density at radius 2 is 1.83 bits per heavy atom. The third kappa shape index (κ3) is 5.69. The van der Waals surface area contributed by atoms with Gasteiger partial charge in [-0.2, -0.15) is 0 Å². The maximum Gasteiger partial charge on any atom is 0.239 e. The minimum atomic E-state index is -1.09. The van der Waals surface area contributed by atoms with Crippen molar-refractivity contribution in [1.29, 1.82) is 0 Å². The number of rotatable bonds is 9. The number of nitrogens with one attached hydrogen (secondary N) is 1. The Morgan fingerprint density at radius 1 is 1.14 bits per heavy atom. The molecule has 3 amide bonds. The largest absolute Gasteiger partial charge is 0.376 e. The van der Waals surface area contributed by atoms with E-state index in [1.807, 2.05) is 54.0 Å². The highest BCUT2D eigenvalue weighted by molar-refractivity contribution is 5.93. The van der Waals surface area contributed by atoms with Crippen LogP contribution in [0.2, 0.25) is 0 Å². The lowest BCUT2D eigenvalue weighted by Gasteiger charge is -2.43. The number of hydrogen-bond donors (Lipinski definition) is 2. The minimum Gasteiger partial charge on any atom is -0.376 e. The second kappa shape index (κ2) is 11.4. The molecule has 1 saturated carbocycles. The average Bonchev–Trinajstić information content (AvgIpc) is 3.58. The number of halogens is 1. The molecular formula is C33H43FN4O4. The summed E-state index contributed by atoms with van der Waals surface area (Å²) in [4.78, 5) is 45.0. The van der Waals surface area contributed by atoms with Gasteiger partial charge < -0.3 is 25.6 Å². The van der Waals surface area contributed by atoms with Gasteiger partial charge in [-0.25, -0.2) is 4.39 Å². The molecule has 5 rings (SSSR count). The van der Waals surface area contributed by atoms with Crippen LogP contribution in [0.4, 0.5) is 4.39 Å². The predicted octanol–water partition coefficient (Wildman–Crippen LogP) is 3.60.